The number of esters is 1. The number of benzene rings is 1. The van der Waals surface area contributed by atoms with E-state index in [2.05, 4.69) is 4.74 Å². The third-order valence-corrected chi connectivity index (χ3v) is 2.46. The van der Waals surface area contributed by atoms with Crippen LogP contribution in [0.4, 0.5) is 0 Å². The summed E-state index contributed by atoms with van der Waals surface area (Å²) in [7, 11) is 1.29. The zero-order chi connectivity index (χ0) is 13.2. The molecule has 0 fully saturated rings. The van der Waals surface area contributed by atoms with Crippen LogP contribution >= 0.6 is 0 Å². The minimum atomic E-state index is -0.542. The molecular formula is C13H18O4. The largest absolute Gasteiger partial charge is 0.507 e. The van der Waals surface area contributed by atoms with Gasteiger partial charge in [-0.3, -0.25) is 0 Å². The van der Waals surface area contributed by atoms with Gasteiger partial charge in [-0.05, 0) is 39.3 Å². The molecule has 0 unspecified atom stereocenters. The van der Waals surface area contributed by atoms with Crippen LogP contribution in [-0.4, -0.2) is 24.3 Å². The third-order valence-electron chi connectivity index (χ3n) is 2.46. The third kappa shape index (κ3) is 2.70. The minimum Gasteiger partial charge on any atom is -0.507 e. The Kier molecular flexibility index (Phi) is 3.99. The van der Waals surface area contributed by atoms with Crippen LogP contribution in [0, 0.1) is 13.8 Å². The number of hydrogen-bond donors (Lipinski definition) is 1. The van der Waals surface area contributed by atoms with E-state index in [-0.39, 0.29) is 17.4 Å². The summed E-state index contributed by atoms with van der Waals surface area (Å²) in [4.78, 5) is 11.5. The number of hydrogen-bond acceptors (Lipinski definition) is 4. The van der Waals surface area contributed by atoms with Gasteiger partial charge in [0.05, 0.1) is 13.2 Å². The Morgan fingerprint density at radius 2 is 1.94 bits per heavy atom. The van der Waals surface area contributed by atoms with Gasteiger partial charge in [0.15, 0.2) is 0 Å². The van der Waals surface area contributed by atoms with Crippen molar-refractivity contribution in [1.82, 2.24) is 0 Å². The smallest absolute Gasteiger partial charge is 0.341 e. The van der Waals surface area contributed by atoms with Crippen molar-refractivity contribution < 1.29 is 19.4 Å². The molecule has 0 amide bonds. The molecule has 17 heavy (non-hydrogen) atoms. The van der Waals surface area contributed by atoms with Gasteiger partial charge in [-0.15, -0.1) is 0 Å². The molecule has 4 heteroatoms. The lowest BCUT2D eigenvalue weighted by atomic mass is 10.0. The maximum Gasteiger partial charge on any atom is 0.341 e. The SMILES string of the molecule is COC(=O)c1c(C)cc(OC(C)C)c(C)c1O. The fourth-order valence-electron chi connectivity index (χ4n) is 1.60. The molecule has 0 heterocycles. The summed E-state index contributed by atoms with van der Waals surface area (Å²) in [6, 6.07) is 1.74. The topological polar surface area (TPSA) is 55.8 Å². The Hall–Kier alpha value is -1.71. The molecular weight excluding hydrogens is 220 g/mol. The summed E-state index contributed by atoms with van der Waals surface area (Å²) in [6.07, 6.45) is 0.0106. The highest BCUT2D eigenvalue weighted by Gasteiger charge is 2.20. The van der Waals surface area contributed by atoms with Crippen LogP contribution in [0.2, 0.25) is 0 Å². The number of ether oxygens (including phenoxy) is 2. The lowest BCUT2D eigenvalue weighted by molar-refractivity contribution is 0.0596. The number of rotatable bonds is 3. The molecule has 1 rings (SSSR count). The second-order valence-corrected chi connectivity index (χ2v) is 4.20. The molecule has 0 radical (unpaired) electrons. The number of carbonyl (C=O) groups is 1. The molecule has 1 aromatic rings. The molecule has 4 nitrogen and oxygen atoms in total. The van der Waals surface area contributed by atoms with Crippen LogP contribution in [0.3, 0.4) is 0 Å². The van der Waals surface area contributed by atoms with Gasteiger partial charge in [-0.25, -0.2) is 4.79 Å². The molecule has 0 saturated heterocycles. The average molecular weight is 238 g/mol. The van der Waals surface area contributed by atoms with Crippen molar-refractivity contribution in [3.05, 3.63) is 22.8 Å². The van der Waals surface area contributed by atoms with Crippen LogP contribution in [0.1, 0.15) is 35.3 Å². The summed E-state index contributed by atoms with van der Waals surface area (Å²) in [5.41, 5.74) is 1.38. The van der Waals surface area contributed by atoms with E-state index in [1.807, 2.05) is 13.8 Å². The Morgan fingerprint density at radius 3 is 2.41 bits per heavy atom. The first-order chi connectivity index (χ1) is 7.88. The molecule has 0 aliphatic carbocycles. The van der Waals surface area contributed by atoms with Crippen molar-refractivity contribution in [3.63, 3.8) is 0 Å². The van der Waals surface area contributed by atoms with E-state index >= 15 is 0 Å². The zero-order valence-electron chi connectivity index (χ0n) is 10.8. The summed E-state index contributed by atoms with van der Waals surface area (Å²) in [5.74, 6) is -0.0330. The van der Waals surface area contributed by atoms with Gasteiger partial charge < -0.3 is 14.6 Å². The second kappa shape index (κ2) is 5.08. The van der Waals surface area contributed by atoms with Crippen LogP contribution in [-0.2, 0) is 4.74 Å². The van der Waals surface area contributed by atoms with Gasteiger partial charge in [-0.1, -0.05) is 0 Å². The molecule has 94 valence electrons. The maximum atomic E-state index is 11.5. The minimum absolute atomic E-state index is 0.0106. The van der Waals surface area contributed by atoms with Crippen molar-refractivity contribution >= 4 is 5.97 Å². The van der Waals surface area contributed by atoms with Crippen molar-refractivity contribution in [1.29, 1.82) is 0 Å². The molecule has 0 aliphatic rings. The highest BCUT2D eigenvalue weighted by molar-refractivity contribution is 5.95. The number of aromatic hydroxyl groups is 1. The standard InChI is InChI=1S/C13H18O4/c1-7(2)17-10-6-8(3)11(13(15)16-5)12(14)9(10)4/h6-7,14H,1-5H3. The van der Waals surface area contributed by atoms with Gasteiger partial charge in [0.25, 0.3) is 0 Å². The average Bonchev–Trinajstić information content (AvgIpc) is 2.24. The van der Waals surface area contributed by atoms with E-state index in [1.54, 1.807) is 19.9 Å². The Labute approximate surface area is 101 Å². The Bertz CT molecular complexity index is 436. The zero-order valence-corrected chi connectivity index (χ0v) is 10.8. The van der Waals surface area contributed by atoms with E-state index in [0.717, 1.165) is 0 Å². The molecule has 0 aliphatic heterocycles. The van der Waals surface area contributed by atoms with E-state index < -0.39 is 5.97 Å². The first-order valence-electron chi connectivity index (χ1n) is 5.46. The normalized spacial score (nSPS) is 10.5. The lowest BCUT2D eigenvalue weighted by Crippen LogP contribution is -2.10. The van der Waals surface area contributed by atoms with Crippen LogP contribution < -0.4 is 4.74 Å². The predicted molar refractivity (Wildman–Crippen MR) is 64.7 cm³/mol. The number of aryl methyl sites for hydroxylation is 1. The predicted octanol–water partition coefficient (Wildman–Crippen LogP) is 2.58. The Morgan fingerprint density at radius 1 is 1.35 bits per heavy atom. The summed E-state index contributed by atoms with van der Waals surface area (Å²) >= 11 is 0. The number of phenols is 1. The van der Waals surface area contributed by atoms with Crippen molar-refractivity contribution in [3.8, 4) is 11.5 Å². The van der Waals surface area contributed by atoms with Crippen molar-refractivity contribution in [2.45, 2.75) is 33.8 Å². The number of methoxy groups -OCH3 is 1. The quantitative estimate of drug-likeness (QED) is 0.822. The number of carbonyl (C=O) groups excluding carboxylic acids is 1. The highest BCUT2D eigenvalue weighted by Crippen LogP contribution is 2.34. The Balaban J connectivity index is 3.31. The van der Waals surface area contributed by atoms with Crippen molar-refractivity contribution in [2.24, 2.45) is 0 Å². The van der Waals surface area contributed by atoms with Gasteiger partial charge in [0.2, 0.25) is 0 Å². The summed E-state index contributed by atoms with van der Waals surface area (Å²) in [5, 5.41) is 9.99. The molecule has 0 saturated carbocycles. The fraction of sp³-hybridized carbons (Fsp3) is 0.462. The monoisotopic (exact) mass is 238 g/mol. The van der Waals surface area contributed by atoms with Gasteiger partial charge in [-0.2, -0.15) is 0 Å². The molecule has 0 aromatic heterocycles. The molecule has 1 N–H and O–H groups in total. The van der Waals surface area contributed by atoms with Crippen molar-refractivity contribution in [2.75, 3.05) is 7.11 Å². The van der Waals surface area contributed by atoms with Crippen LogP contribution in [0.15, 0.2) is 6.07 Å². The highest BCUT2D eigenvalue weighted by atomic mass is 16.5. The van der Waals surface area contributed by atoms with Crippen LogP contribution in [0.5, 0.6) is 11.5 Å². The van der Waals surface area contributed by atoms with E-state index in [4.69, 9.17) is 4.74 Å². The first kappa shape index (κ1) is 13.4. The molecule has 0 atom stereocenters. The first-order valence-corrected chi connectivity index (χ1v) is 5.46. The molecule has 0 bridgehead atoms. The fourth-order valence-corrected chi connectivity index (χ4v) is 1.60. The second-order valence-electron chi connectivity index (χ2n) is 4.20. The van der Waals surface area contributed by atoms with Gasteiger partial charge >= 0.3 is 5.97 Å². The van der Waals surface area contributed by atoms with E-state index in [9.17, 15) is 9.90 Å². The molecule has 1 aromatic carbocycles. The lowest BCUT2D eigenvalue weighted by Gasteiger charge is -2.16. The number of phenolic OH excluding ortho intramolecular Hbond substituents is 1. The van der Waals surface area contributed by atoms with Crippen LogP contribution in [0.25, 0.3) is 0 Å². The maximum absolute atomic E-state index is 11.5. The molecule has 0 spiro atoms. The van der Waals surface area contributed by atoms with E-state index in [1.165, 1.54) is 7.11 Å². The van der Waals surface area contributed by atoms with Gasteiger partial charge in [0, 0.05) is 5.56 Å². The summed E-state index contributed by atoms with van der Waals surface area (Å²) < 4.78 is 10.2. The summed E-state index contributed by atoms with van der Waals surface area (Å²) in [6.45, 7) is 7.25. The van der Waals surface area contributed by atoms with Gasteiger partial charge in [0.1, 0.15) is 17.1 Å². The van der Waals surface area contributed by atoms with E-state index in [0.29, 0.717) is 16.9 Å².